The van der Waals surface area contributed by atoms with E-state index in [1.54, 1.807) is 6.07 Å². The van der Waals surface area contributed by atoms with Gasteiger partial charge in [0, 0.05) is 0 Å². The van der Waals surface area contributed by atoms with Crippen LogP contribution in [0, 0.1) is 5.82 Å². The fraction of sp³-hybridized carbons (Fsp3) is 0.571. The van der Waals surface area contributed by atoms with Crippen LogP contribution in [0.25, 0.3) is 0 Å². The van der Waals surface area contributed by atoms with Gasteiger partial charge >= 0.3 is 0 Å². The van der Waals surface area contributed by atoms with Crippen LogP contribution in [0.3, 0.4) is 0 Å². The van der Waals surface area contributed by atoms with E-state index in [-0.39, 0.29) is 11.7 Å². The second-order valence-corrected chi connectivity index (χ2v) is 4.43. The molecule has 2 heteroatoms. The summed E-state index contributed by atoms with van der Waals surface area (Å²) in [5.74, 6) is 0.485. The maximum Gasteiger partial charge on any atom is 0.126 e. The van der Waals surface area contributed by atoms with Crippen LogP contribution < -0.4 is 5.73 Å². The third-order valence-corrected chi connectivity index (χ3v) is 3.37. The highest BCUT2D eigenvalue weighted by atomic mass is 19.1. The summed E-state index contributed by atoms with van der Waals surface area (Å²) in [4.78, 5) is 0. The predicted molar refractivity (Wildman–Crippen MR) is 67.2 cm³/mol. The van der Waals surface area contributed by atoms with Crippen LogP contribution in [0.15, 0.2) is 18.2 Å². The molecule has 2 N–H and O–H groups in total. The number of hydrogen-bond donors (Lipinski definition) is 1. The van der Waals surface area contributed by atoms with E-state index in [1.165, 1.54) is 0 Å². The van der Waals surface area contributed by atoms with Crippen molar-refractivity contribution in [3.63, 3.8) is 0 Å². The summed E-state index contributed by atoms with van der Waals surface area (Å²) in [6.45, 7) is 6.78. The highest BCUT2D eigenvalue weighted by Crippen LogP contribution is 2.27. The van der Waals surface area contributed by atoms with Gasteiger partial charge in [-0.2, -0.15) is 0 Å². The lowest BCUT2D eigenvalue weighted by atomic mass is 9.91. The molecular formula is C14H22FN. The quantitative estimate of drug-likeness (QED) is 0.807. The zero-order valence-corrected chi connectivity index (χ0v) is 10.5. The fourth-order valence-corrected chi connectivity index (χ4v) is 2.05. The van der Waals surface area contributed by atoms with Gasteiger partial charge in [-0.3, -0.25) is 0 Å². The molecule has 1 atom stereocenters. The average molecular weight is 223 g/mol. The van der Waals surface area contributed by atoms with Crippen LogP contribution >= 0.6 is 0 Å². The molecule has 1 rings (SSSR count). The molecule has 0 aliphatic rings. The Hall–Kier alpha value is -0.890. The monoisotopic (exact) mass is 223 g/mol. The standard InChI is InChI=1S/C14H22FN/c1-4-11(5-2)13-7-6-12(8-14(13)15)10(3)9-16/h6-8,10-11H,4-5,9,16H2,1-3H3. The molecule has 1 aromatic carbocycles. The summed E-state index contributed by atoms with van der Waals surface area (Å²) in [6, 6.07) is 5.58. The second-order valence-electron chi connectivity index (χ2n) is 4.43. The van der Waals surface area contributed by atoms with Crippen molar-refractivity contribution in [1.29, 1.82) is 0 Å². The van der Waals surface area contributed by atoms with Crippen molar-refractivity contribution in [2.24, 2.45) is 5.73 Å². The number of halogens is 1. The maximum absolute atomic E-state index is 13.9. The highest BCUT2D eigenvalue weighted by molar-refractivity contribution is 5.29. The largest absolute Gasteiger partial charge is 0.330 e. The molecule has 16 heavy (non-hydrogen) atoms. The number of hydrogen-bond acceptors (Lipinski definition) is 1. The van der Waals surface area contributed by atoms with Gasteiger partial charge in [0.25, 0.3) is 0 Å². The fourth-order valence-electron chi connectivity index (χ4n) is 2.05. The maximum atomic E-state index is 13.9. The molecule has 0 aromatic heterocycles. The number of rotatable bonds is 5. The molecule has 0 fully saturated rings. The first-order chi connectivity index (χ1) is 7.63. The van der Waals surface area contributed by atoms with Gasteiger partial charge in [0.1, 0.15) is 5.82 Å². The van der Waals surface area contributed by atoms with Crippen molar-refractivity contribution in [2.45, 2.75) is 45.4 Å². The van der Waals surface area contributed by atoms with Gasteiger partial charge in [0.05, 0.1) is 0 Å². The SMILES string of the molecule is CCC(CC)c1ccc(C(C)CN)cc1F. The van der Waals surface area contributed by atoms with Crippen LogP contribution in [0.5, 0.6) is 0 Å². The molecule has 0 amide bonds. The molecule has 1 nitrogen and oxygen atoms in total. The van der Waals surface area contributed by atoms with Crippen molar-refractivity contribution >= 4 is 0 Å². The summed E-state index contributed by atoms with van der Waals surface area (Å²) in [7, 11) is 0. The summed E-state index contributed by atoms with van der Waals surface area (Å²) >= 11 is 0. The van der Waals surface area contributed by atoms with E-state index in [1.807, 2.05) is 19.1 Å². The Morgan fingerprint density at radius 1 is 1.25 bits per heavy atom. The van der Waals surface area contributed by atoms with Crippen molar-refractivity contribution in [3.8, 4) is 0 Å². The minimum atomic E-state index is -0.0773. The number of benzene rings is 1. The summed E-state index contributed by atoms with van der Waals surface area (Å²) < 4.78 is 13.9. The molecule has 1 aromatic rings. The van der Waals surface area contributed by atoms with Crippen LogP contribution in [-0.4, -0.2) is 6.54 Å². The average Bonchev–Trinajstić information content (AvgIpc) is 2.31. The van der Waals surface area contributed by atoms with Crippen LogP contribution in [-0.2, 0) is 0 Å². The van der Waals surface area contributed by atoms with Crippen molar-refractivity contribution in [3.05, 3.63) is 35.1 Å². The van der Waals surface area contributed by atoms with E-state index in [0.717, 1.165) is 24.0 Å². The topological polar surface area (TPSA) is 26.0 Å². The van der Waals surface area contributed by atoms with Gasteiger partial charge in [-0.05, 0) is 48.4 Å². The van der Waals surface area contributed by atoms with Gasteiger partial charge in [-0.1, -0.05) is 32.9 Å². The third-order valence-electron chi connectivity index (χ3n) is 3.37. The van der Waals surface area contributed by atoms with Gasteiger partial charge in [-0.25, -0.2) is 4.39 Å². The van der Waals surface area contributed by atoms with Crippen molar-refractivity contribution in [2.75, 3.05) is 6.54 Å². The van der Waals surface area contributed by atoms with Gasteiger partial charge in [0.2, 0.25) is 0 Å². The minimum absolute atomic E-state index is 0.0773. The van der Waals surface area contributed by atoms with E-state index in [0.29, 0.717) is 12.5 Å². The molecule has 0 heterocycles. The Kier molecular flexibility index (Phi) is 4.94. The van der Waals surface area contributed by atoms with Gasteiger partial charge in [0.15, 0.2) is 0 Å². The summed E-state index contributed by atoms with van der Waals surface area (Å²) in [5.41, 5.74) is 7.42. The molecule has 0 bridgehead atoms. The minimum Gasteiger partial charge on any atom is -0.330 e. The Bertz CT molecular complexity index is 332. The van der Waals surface area contributed by atoms with Crippen LogP contribution in [0.1, 0.15) is 56.6 Å². The lowest BCUT2D eigenvalue weighted by molar-refractivity contribution is 0.555. The zero-order valence-electron chi connectivity index (χ0n) is 10.5. The smallest absolute Gasteiger partial charge is 0.126 e. The lowest BCUT2D eigenvalue weighted by Gasteiger charge is -2.16. The Morgan fingerprint density at radius 2 is 1.88 bits per heavy atom. The number of nitrogens with two attached hydrogens (primary N) is 1. The highest BCUT2D eigenvalue weighted by Gasteiger charge is 2.13. The second kappa shape index (κ2) is 6.00. The molecule has 0 aliphatic heterocycles. The zero-order chi connectivity index (χ0) is 12.1. The predicted octanol–water partition coefficient (Wildman–Crippen LogP) is 3.79. The third kappa shape index (κ3) is 2.82. The molecule has 0 saturated carbocycles. The first kappa shape index (κ1) is 13.2. The van der Waals surface area contributed by atoms with Crippen LogP contribution in [0.2, 0.25) is 0 Å². The molecule has 90 valence electrons. The first-order valence-corrected chi connectivity index (χ1v) is 6.13. The van der Waals surface area contributed by atoms with Gasteiger partial charge in [-0.15, -0.1) is 0 Å². The van der Waals surface area contributed by atoms with Crippen LogP contribution in [0.4, 0.5) is 4.39 Å². The Morgan fingerprint density at radius 3 is 2.31 bits per heavy atom. The molecule has 0 radical (unpaired) electrons. The van der Waals surface area contributed by atoms with E-state index in [2.05, 4.69) is 13.8 Å². The molecule has 0 spiro atoms. The van der Waals surface area contributed by atoms with Crippen molar-refractivity contribution < 1.29 is 4.39 Å². The van der Waals surface area contributed by atoms with Crippen molar-refractivity contribution in [1.82, 2.24) is 0 Å². The van der Waals surface area contributed by atoms with E-state index >= 15 is 0 Å². The van der Waals surface area contributed by atoms with E-state index < -0.39 is 0 Å². The van der Waals surface area contributed by atoms with E-state index in [4.69, 9.17) is 5.73 Å². The molecule has 1 unspecified atom stereocenters. The molecule has 0 saturated heterocycles. The molecule has 0 aliphatic carbocycles. The first-order valence-electron chi connectivity index (χ1n) is 6.13. The van der Waals surface area contributed by atoms with E-state index in [9.17, 15) is 4.39 Å². The lowest BCUT2D eigenvalue weighted by Crippen LogP contribution is -2.10. The summed E-state index contributed by atoms with van der Waals surface area (Å²) in [5, 5.41) is 0. The normalized spacial score (nSPS) is 13.1. The summed E-state index contributed by atoms with van der Waals surface area (Å²) in [6.07, 6.45) is 1.97. The Balaban J connectivity index is 2.99. The van der Waals surface area contributed by atoms with Gasteiger partial charge < -0.3 is 5.73 Å². The Labute approximate surface area is 97.9 Å². The molecular weight excluding hydrogens is 201 g/mol.